The normalized spacial score (nSPS) is 12.3. The summed E-state index contributed by atoms with van der Waals surface area (Å²) < 4.78 is 27.3. The predicted octanol–water partition coefficient (Wildman–Crippen LogP) is 2.84. The maximum Gasteiger partial charge on any atom is 0.245 e. The van der Waals surface area contributed by atoms with Crippen molar-refractivity contribution < 1.29 is 8.42 Å². The highest BCUT2D eigenvalue weighted by molar-refractivity contribution is 9.10. The molecule has 1 aromatic carbocycles. The van der Waals surface area contributed by atoms with Crippen LogP contribution in [-0.2, 0) is 10.0 Å². The van der Waals surface area contributed by atoms with Gasteiger partial charge in [0.15, 0.2) is 0 Å². The number of anilines is 1. The average molecular weight is 335 g/mol. The summed E-state index contributed by atoms with van der Waals surface area (Å²) in [6.07, 6.45) is 0.769. The number of benzene rings is 1. The lowest BCUT2D eigenvalue weighted by Gasteiger charge is -2.26. The number of rotatable bonds is 5. The minimum atomic E-state index is -3.54. The van der Waals surface area contributed by atoms with Gasteiger partial charge >= 0.3 is 0 Å². The van der Waals surface area contributed by atoms with E-state index in [2.05, 4.69) is 15.9 Å². The highest BCUT2D eigenvalue weighted by Crippen LogP contribution is 2.27. The van der Waals surface area contributed by atoms with Crippen LogP contribution in [0.5, 0.6) is 0 Å². The van der Waals surface area contributed by atoms with Crippen LogP contribution in [-0.4, -0.2) is 25.3 Å². The zero-order chi connectivity index (χ0) is 13.9. The highest BCUT2D eigenvalue weighted by Gasteiger charge is 2.28. The Bertz CT molecular complexity index is 515. The van der Waals surface area contributed by atoms with E-state index < -0.39 is 10.0 Å². The molecule has 0 fully saturated rings. The summed E-state index contributed by atoms with van der Waals surface area (Å²) in [7, 11) is -3.54. The van der Waals surface area contributed by atoms with Gasteiger partial charge in [-0.05, 0) is 38.5 Å². The quantitative estimate of drug-likeness (QED) is 0.842. The molecule has 0 radical (unpaired) electrons. The van der Waals surface area contributed by atoms with Gasteiger partial charge in [0.2, 0.25) is 10.0 Å². The first-order valence-electron chi connectivity index (χ1n) is 5.87. The van der Waals surface area contributed by atoms with E-state index in [1.54, 1.807) is 18.2 Å². The van der Waals surface area contributed by atoms with Gasteiger partial charge in [-0.1, -0.05) is 22.9 Å². The molecular weight excluding hydrogens is 316 g/mol. The molecule has 0 aliphatic carbocycles. The molecule has 1 rings (SSSR count). The van der Waals surface area contributed by atoms with E-state index in [-0.39, 0.29) is 16.6 Å². The number of hydrogen-bond acceptors (Lipinski definition) is 3. The Morgan fingerprint density at radius 1 is 1.39 bits per heavy atom. The standard InChI is InChI=1S/C12H19BrN2O2S/c1-4-7-15(9(2)3)18(16,17)12-8-10(13)5-6-11(12)14/h5-6,8-9H,4,7,14H2,1-3H3. The Balaban J connectivity index is 3.30. The van der Waals surface area contributed by atoms with Gasteiger partial charge in [0.25, 0.3) is 0 Å². The summed E-state index contributed by atoms with van der Waals surface area (Å²) in [4.78, 5) is 0.166. The second kappa shape index (κ2) is 6.04. The fourth-order valence-corrected chi connectivity index (χ4v) is 4.12. The van der Waals surface area contributed by atoms with E-state index in [4.69, 9.17) is 5.73 Å². The molecule has 4 nitrogen and oxygen atoms in total. The van der Waals surface area contributed by atoms with Crippen LogP contribution in [0.25, 0.3) is 0 Å². The molecule has 102 valence electrons. The summed E-state index contributed by atoms with van der Waals surface area (Å²) >= 11 is 3.28. The van der Waals surface area contributed by atoms with Gasteiger partial charge in [0, 0.05) is 17.1 Å². The third-order valence-corrected chi connectivity index (χ3v) is 5.21. The van der Waals surface area contributed by atoms with Crippen LogP contribution in [0.2, 0.25) is 0 Å². The fraction of sp³-hybridized carbons (Fsp3) is 0.500. The lowest BCUT2D eigenvalue weighted by atomic mass is 10.3. The first-order chi connectivity index (χ1) is 8.30. The van der Waals surface area contributed by atoms with Crippen LogP contribution in [0.3, 0.4) is 0 Å². The first kappa shape index (κ1) is 15.5. The van der Waals surface area contributed by atoms with Gasteiger partial charge in [-0.3, -0.25) is 0 Å². The molecule has 0 saturated carbocycles. The summed E-state index contributed by atoms with van der Waals surface area (Å²) in [5, 5.41) is 0. The minimum Gasteiger partial charge on any atom is -0.398 e. The molecule has 0 atom stereocenters. The van der Waals surface area contributed by atoms with Crippen molar-refractivity contribution in [2.75, 3.05) is 12.3 Å². The monoisotopic (exact) mass is 334 g/mol. The largest absolute Gasteiger partial charge is 0.398 e. The molecule has 0 spiro atoms. The predicted molar refractivity (Wildman–Crippen MR) is 77.9 cm³/mol. The average Bonchev–Trinajstić information content (AvgIpc) is 2.28. The maximum absolute atomic E-state index is 12.6. The van der Waals surface area contributed by atoms with Crippen LogP contribution >= 0.6 is 15.9 Å². The smallest absolute Gasteiger partial charge is 0.245 e. The fourth-order valence-electron chi connectivity index (χ4n) is 1.73. The van der Waals surface area contributed by atoms with Gasteiger partial charge < -0.3 is 5.73 Å². The van der Waals surface area contributed by atoms with E-state index in [9.17, 15) is 8.42 Å². The van der Waals surface area contributed by atoms with E-state index >= 15 is 0 Å². The van der Waals surface area contributed by atoms with Crippen molar-refractivity contribution in [2.24, 2.45) is 0 Å². The van der Waals surface area contributed by atoms with E-state index in [0.29, 0.717) is 11.0 Å². The third kappa shape index (κ3) is 3.24. The summed E-state index contributed by atoms with van der Waals surface area (Å²) in [5.74, 6) is 0. The molecule has 0 amide bonds. The van der Waals surface area contributed by atoms with Crippen LogP contribution < -0.4 is 5.73 Å². The SMILES string of the molecule is CCCN(C(C)C)S(=O)(=O)c1cc(Br)ccc1N. The number of nitrogen functional groups attached to an aromatic ring is 1. The number of nitrogens with zero attached hydrogens (tertiary/aromatic N) is 1. The molecule has 0 unspecified atom stereocenters. The molecule has 0 aromatic heterocycles. The Kier molecular flexibility index (Phi) is 5.19. The van der Waals surface area contributed by atoms with Crippen LogP contribution in [0.15, 0.2) is 27.6 Å². The van der Waals surface area contributed by atoms with Crippen molar-refractivity contribution in [3.63, 3.8) is 0 Å². The number of nitrogens with two attached hydrogens (primary N) is 1. The summed E-state index contributed by atoms with van der Waals surface area (Å²) in [5.41, 5.74) is 6.06. The Hall–Kier alpha value is -0.590. The zero-order valence-electron chi connectivity index (χ0n) is 10.9. The van der Waals surface area contributed by atoms with Crippen LogP contribution in [0.4, 0.5) is 5.69 Å². The topological polar surface area (TPSA) is 63.4 Å². The summed E-state index contributed by atoms with van der Waals surface area (Å²) in [6.45, 7) is 6.17. The maximum atomic E-state index is 12.6. The van der Waals surface area contributed by atoms with Crippen molar-refractivity contribution in [3.05, 3.63) is 22.7 Å². The minimum absolute atomic E-state index is 0.0895. The van der Waals surface area contributed by atoms with E-state index in [1.165, 1.54) is 4.31 Å². The Morgan fingerprint density at radius 3 is 2.50 bits per heavy atom. The second-order valence-corrected chi connectivity index (χ2v) is 7.17. The van der Waals surface area contributed by atoms with E-state index in [1.807, 2.05) is 20.8 Å². The number of halogens is 1. The zero-order valence-corrected chi connectivity index (χ0v) is 13.3. The molecule has 1 aromatic rings. The molecule has 0 aliphatic heterocycles. The van der Waals surface area contributed by atoms with Crippen LogP contribution in [0, 0.1) is 0 Å². The van der Waals surface area contributed by atoms with Crippen molar-refractivity contribution in [3.8, 4) is 0 Å². The lowest BCUT2D eigenvalue weighted by molar-refractivity contribution is 0.354. The number of sulfonamides is 1. The van der Waals surface area contributed by atoms with Gasteiger partial charge in [-0.15, -0.1) is 0 Å². The second-order valence-electron chi connectivity index (χ2n) is 4.39. The van der Waals surface area contributed by atoms with Gasteiger partial charge in [-0.25, -0.2) is 8.42 Å². The van der Waals surface area contributed by atoms with E-state index in [0.717, 1.165) is 6.42 Å². The van der Waals surface area contributed by atoms with Gasteiger partial charge in [0.05, 0.1) is 5.69 Å². The molecule has 18 heavy (non-hydrogen) atoms. The van der Waals surface area contributed by atoms with Crippen LogP contribution in [0.1, 0.15) is 27.2 Å². The van der Waals surface area contributed by atoms with Gasteiger partial charge in [0.1, 0.15) is 4.90 Å². The molecule has 2 N–H and O–H groups in total. The lowest BCUT2D eigenvalue weighted by Crippen LogP contribution is -2.37. The van der Waals surface area contributed by atoms with Crippen molar-refractivity contribution >= 4 is 31.6 Å². The van der Waals surface area contributed by atoms with Crippen molar-refractivity contribution in [1.29, 1.82) is 0 Å². The highest BCUT2D eigenvalue weighted by atomic mass is 79.9. The Labute approximate surface area is 117 Å². The molecule has 0 aliphatic rings. The molecule has 0 saturated heterocycles. The van der Waals surface area contributed by atoms with Crippen molar-refractivity contribution in [2.45, 2.75) is 38.1 Å². The molecule has 0 heterocycles. The summed E-state index contributed by atoms with van der Waals surface area (Å²) in [6, 6.07) is 4.79. The molecule has 0 bridgehead atoms. The molecule has 6 heteroatoms. The van der Waals surface area contributed by atoms with Crippen molar-refractivity contribution in [1.82, 2.24) is 4.31 Å². The third-order valence-electron chi connectivity index (χ3n) is 2.58. The Morgan fingerprint density at radius 2 is 2.00 bits per heavy atom. The number of hydrogen-bond donors (Lipinski definition) is 1. The molecular formula is C12H19BrN2O2S. The van der Waals surface area contributed by atoms with Gasteiger partial charge in [-0.2, -0.15) is 4.31 Å². The first-order valence-corrected chi connectivity index (χ1v) is 8.11.